The molecule has 0 atom stereocenters. The average Bonchev–Trinajstić information content (AvgIpc) is 2.07. The standard InChI is InChI=1S/C7H15NO2S/c9-11-7-1-2-8-3-5-10-6-4-8/h9H,1-7H2. The van der Waals surface area contributed by atoms with E-state index in [0.717, 1.165) is 57.1 Å². The molecule has 0 spiro atoms. The van der Waals surface area contributed by atoms with Crippen molar-refractivity contribution in [2.45, 2.75) is 6.42 Å². The Morgan fingerprint density at radius 2 is 2.09 bits per heavy atom. The highest BCUT2D eigenvalue weighted by Crippen LogP contribution is 2.00. The molecule has 4 heteroatoms. The normalized spacial score (nSPS) is 20.5. The van der Waals surface area contributed by atoms with E-state index in [4.69, 9.17) is 9.29 Å². The summed E-state index contributed by atoms with van der Waals surface area (Å²) in [4.78, 5) is 2.37. The Labute approximate surface area is 71.9 Å². The molecule has 0 aromatic rings. The van der Waals surface area contributed by atoms with Crippen molar-refractivity contribution in [1.29, 1.82) is 0 Å². The minimum Gasteiger partial charge on any atom is -0.379 e. The van der Waals surface area contributed by atoms with Crippen LogP contribution in [0.15, 0.2) is 0 Å². The van der Waals surface area contributed by atoms with Gasteiger partial charge in [-0.25, -0.2) is 0 Å². The van der Waals surface area contributed by atoms with E-state index in [1.54, 1.807) is 0 Å². The van der Waals surface area contributed by atoms with E-state index in [0.29, 0.717) is 0 Å². The van der Waals surface area contributed by atoms with Gasteiger partial charge in [-0.2, -0.15) is 0 Å². The maximum atomic E-state index is 8.47. The summed E-state index contributed by atoms with van der Waals surface area (Å²) in [7, 11) is 0. The number of nitrogens with zero attached hydrogens (tertiary/aromatic N) is 1. The van der Waals surface area contributed by atoms with Crippen LogP contribution in [0.1, 0.15) is 6.42 Å². The zero-order valence-electron chi connectivity index (χ0n) is 6.66. The van der Waals surface area contributed by atoms with Crippen LogP contribution in [0.2, 0.25) is 0 Å². The highest BCUT2D eigenvalue weighted by atomic mass is 32.2. The first-order valence-corrected chi connectivity index (χ1v) is 4.94. The van der Waals surface area contributed by atoms with Crippen molar-refractivity contribution in [3.8, 4) is 0 Å². The molecule has 0 aromatic carbocycles. The predicted octanol–water partition coefficient (Wildman–Crippen LogP) is 0.915. The van der Waals surface area contributed by atoms with Crippen LogP contribution in [0.25, 0.3) is 0 Å². The predicted molar refractivity (Wildman–Crippen MR) is 47.0 cm³/mol. The Bertz CT molecular complexity index is 96.4. The lowest BCUT2D eigenvalue weighted by molar-refractivity contribution is 0.0381. The minimum absolute atomic E-state index is 0.845. The van der Waals surface area contributed by atoms with E-state index in [9.17, 15) is 0 Å². The molecule has 66 valence electrons. The lowest BCUT2D eigenvalue weighted by Gasteiger charge is -2.26. The Morgan fingerprint density at radius 3 is 2.73 bits per heavy atom. The summed E-state index contributed by atoms with van der Waals surface area (Å²) >= 11 is 0.932. The van der Waals surface area contributed by atoms with Crippen LogP contribution < -0.4 is 0 Å². The summed E-state index contributed by atoms with van der Waals surface area (Å²) in [6.45, 7) is 4.93. The lowest BCUT2D eigenvalue weighted by atomic mass is 10.4. The molecule has 1 aliphatic heterocycles. The summed E-state index contributed by atoms with van der Waals surface area (Å²) in [5, 5.41) is 0. The fourth-order valence-electron chi connectivity index (χ4n) is 1.18. The fourth-order valence-corrected chi connectivity index (χ4v) is 1.44. The van der Waals surface area contributed by atoms with Gasteiger partial charge < -0.3 is 9.29 Å². The van der Waals surface area contributed by atoms with Gasteiger partial charge in [0.05, 0.1) is 13.2 Å². The quantitative estimate of drug-likeness (QED) is 0.511. The third kappa shape index (κ3) is 3.96. The van der Waals surface area contributed by atoms with Gasteiger partial charge in [-0.15, -0.1) is 0 Å². The molecular weight excluding hydrogens is 162 g/mol. The van der Waals surface area contributed by atoms with Crippen molar-refractivity contribution in [2.75, 3.05) is 38.6 Å². The SMILES string of the molecule is OSCCCN1CCOCC1. The molecule has 0 bridgehead atoms. The molecule has 0 unspecified atom stereocenters. The number of morpholine rings is 1. The smallest absolute Gasteiger partial charge is 0.0594 e. The third-order valence-electron chi connectivity index (χ3n) is 1.81. The second kappa shape index (κ2) is 5.83. The zero-order chi connectivity index (χ0) is 7.94. The van der Waals surface area contributed by atoms with Crippen LogP contribution in [-0.2, 0) is 4.74 Å². The molecule has 0 amide bonds. The highest BCUT2D eigenvalue weighted by Gasteiger charge is 2.08. The van der Waals surface area contributed by atoms with Crippen LogP contribution in [0.5, 0.6) is 0 Å². The summed E-state index contributed by atoms with van der Waals surface area (Å²) in [6, 6.07) is 0. The second-order valence-electron chi connectivity index (χ2n) is 2.64. The van der Waals surface area contributed by atoms with Crippen LogP contribution in [-0.4, -0.2) is 48.1 Å². The maximum Gasteiger partial charge on any atom is 0.0594 e. The van der Waals surface area contributed by atoms with Gasteiger partial charge in [0.2, 0.25) is 0 Å². The molecule has 0 saturated carbocycles. The maximum absolute atomic E-state index is 8.47. The summed E-state index contributed by atoms with van der Waals surface area (Å²) in [5.74, 6) is 0.845. The molecule has 1 fully saturated rings. The summed E-state index contributed by atoms with van der Waals surface area (Å²) in [6.07, 6.45) is 1.07. The topological polar surface area (TPSA) is 32.7 Å². The van der Waals surface area contributed by atoms with E-state index >= 15 is 0 Å². The number of rotatable bonds is 4. The van der Waals surface area contributed by atoms with E-state index < -0.39 is 0 Å². The Hall–Kier alpha value is 0.230. The fraction of sp³-hybridized carbons (Fsp3) is 1.00. The number of hydrogen-bond acceptors (Lipinski definition) is 4. The van der Waals surface area contributed by atoms with Crippen molar-refractivity contribution in [2.24, 2.45) is 0 Å². The molecule has 1 aliphatic rings. The lowest BCUT2D eigenvalue weighted by Crippen LogP contribution is -2.36. The molecule has 0 aliphatic carbocycles. The number of ether oxygens (including phenoxy) is 1. The second-order valence-corrected chi connectivity index (χ2v) is 3.31. The summed E-state index contributed by atoms with van der Waals surface area (Å²) < 4.78 is 13.7. The van der Waals surface area contributed by atoms with E-state index in [2.05, 4.69) is 4.90 Å². The van der Waals surface area contributed by atoms with E-state index in [1.807, 2.05) is 0 Å². The molecule has 1 rings (SSSR count). The monoisotopic (exact) mass is 177 g/mol. The molecule has 1 heterocycles. The first kappa shape index (κ1) is 9.32. The van der Waals surface area contributed by atoms with Crippen LogP contribution in [0, 0.1) is 0 Å². The van der Waals surface area contributed by atoms with Crippen LogP contribution in [0.3, 0.4) is 0 Å². The van der Waals surface area contributed by atoms with Gasteiger partial charge in [0, 0.05) is 18.8 Å². The molecule has 0 radical (unpaired) electrons. The largest absolute Gasteiger partial charge is 0.379 e. The van der Waals surface area contributed by atoms with Crippen LogP contribution >= 0.6 is 12.0 Å². The Kier molecular flexibility index (Phi) is 4.94. The van der Waals surface area contributed by atoms with E-state index in [-0.39, 0.29) is 0 Å². The molecule has 3 nitrogen and oxygen atoms in total. The van der Waals surface area contributed by atoms with Gasteiger partial charge >= 0.3 is 0 Å². The summed E-state index contributed by atoms with van der Waals surface area (Å²) in [5.41, 5.74) is 0. The van der Waals surface area contributed by atoms with Gasteiger partial charge in [-0.05, 0) is 25.0 Å². The zero-order valence-corrected chi connectivity index (χ0v) is 7.48. The first-order valence-electron chi connectivity index (χ1n) is 4.00. The van der Waals surface area contributed by atoms with Gasteiger partial charge in [-0.1, -0.05) is 0 Å². The third-order valence-corrected chi connectivity index (χ3v) is 2.28. The van der Waals surface area contributed by atoms with Gasteiger partial charge in [-0.3, -0.25) is 4.90 Å². The molecule has 0 aromatic heterocycles. The van der Waals surface area contributed by atoms with Gasteiger partial charge in [0.25, 0.3) is 0 Å². The number of hydrogen-bond donors (Lipinski definition) is 1. The molecule has 1 saturated heterocycles. The van der Waals surface area contributed by atoms with Crippen molar-refractivity contribution < 1.29 is 9.29 Å². The first-order chi connectivity index (χ1) is 5.43. The van der Waals surface area contributed by atoms with Gasteiger partial charge in [0.15, 0.2) is 0 Å². The van der Waals surface area contributed by atoms with Crippen molar-refractivity contribution in [3.05, 3.63) is 0 Å². The Balaban J connectivity index is 1.96. The average molecular weight is 177 g/mol. The molecular formula is C7H15NO2S. The molecule has 1 N–H and O–H groups in total. The minimum atomic E-state index is 0.845. The van der Waals surface area contributed by atoms with E-state index in [1.165, 1.54) is 0 Å². The van der Waals surface area contributed by atoms with Crippen LogP contribution in [0.4, 0.5) is 0 Å². The Morgan fingerprint density at radius 1 is 1.36 bits per heavy atom. The van der Waals surface area contributed by atoms with Gasteiger partial charge in [0.1, 0.15) is 0 Å². The van der Waals surface area contributed by atoms with Crippen molar-refractivity contribution in [3.63, 3.8) is 0 Å². The molecule has 11 heavy (non-hydrogen) atoms. The highest BCUT2D eigenvalue weighted by molar-refractivity contribution is 7.93. The van der Waals surface area contributed by atoms with Crippen molar-refractivity contribution in [1.82, 2.24) is 4.90 Å². The van der Waals surface area contributed by atoms with Crippen molar-refractivity contribution >= 4 is 12.0 Å².